The van der Waals surface area contributed by atoms with Crippen molar-refractivity contribution in [2.75, 3.05) is 18.6 Å². The van der Waals surface area contributed by atoms with E-state index in [0.717, 1.165) is 6.26 Å². The number of carboxylic acids is 1. The van der Waals surface area contributed by atoms with E-state index in [1.54, 1.807) is 18.2 Å². The first-order valence-corrected chi connectivity index (χ1v) is 7.61. The molecule has 7 heteroatoms. The van der Waals surface area contributed by atoms with Gasteiger partial charge in [0.2, 0.25) is 0 Å². The highest BCUT2D eigenvalue weighted by Gasteiger charge is 2.13. The fourth-order valence-electron chi connectivity index (χ4n) is 1.50. The summed E-state index contributed by atoms with van der Waals surface area (Å²) in [5.74, 6) is -1.66. The standard InChI is InChI=1S/C12H15NO5S/c1-19(17,18)7-6-13-12(16)10-5-3-2-4-9(10)8-11(14)15/h2-5H,6-8H2,1H3,(H,13,16)(H,14,15). The Bertz CT molecular complexity index is 580. The van der Waals surface area contributed by atoms with E-state index >= 15 is 0 Å². The molecule has 0 aliphatic heterocycles. The molecule has 0 heterocycles. The molecule has 0 spiro atoms. The Kier molecular flexibility index (Phi) is 5.05. The minimum atomic E-state index is -3.14. The molecule has 0 fully saturated rings. The van der Waals surface area contributed by atoms with Crippen LogP contribution >= 0.6 is 0 Å². The van der Waals surface area contributed by atoms with Crippen molar-refractivity contribution in [2.24, 2.45) is 0 Å². The van der Waals surface area contributed by atoms with E-state index in [1.165, 1.54) is 6.07 Å². The topological polar surface area (TPSA) is 101 Å². The first-order valence-electron chi connectivity index (χ1n) is 5.55. The number of nitrogens with one attached hydrogen (secondary N) is 1. The zero-order chi connectivity index (χ0) is 14.5. The zero-order valence-corrected chi connectivity index (χ0v) is 11.2. The third-order valence-electron chi connectivity index (χ3n) is 2.36. The number of carbonyl (C=O) groups is 2. The summed E-state index contributed by atoms with van der Waals surface area (Å²) in [5, 5.41) is 11.2. The number of sulfone groups is 1. The van der Waals surface area contributed by atoms with Crippen LogP contribution in [-0.4, -0.2) is 44.0 Å². The Balaban J connectivity index is 2.74. The summed E-state index contributed by atoms with van der Waals surface area (Å²) < 4.78 is 21.9. The van der Waals surface area contributed by atoms with Crippen LogP contribution in [0.5, 0.6) is 0 Å². The molecule has 0 aliphatic rings. The van der Waals surface area contributed by atoms with Crippen LogP contribution in [0, 0.1) is 0 Å². The quantitative estimate of drug-likeness (QED) is 0.771. The molecule has 0 atom stereocenters. The molecule has 6 nitrogen and oxygen atoms in total. The second-order valence-electron chi connectivity index (χ2n) is 4.11. The summed E-state index contributed by atoms with van der Waals surface area (Å²) in [4.78, 5) is 22.5. The maximum atomic E-state index is 11.8. The lowest BCUT2D eigenvalue weighted by atomic mass is 10.0. The third-order valence-corrected chi connectivity index (χ3v) is 3.31. The number of hydrogen-bond acceptors (Lipinski definition) is 4. The molecule has 1 rings (SSSR count). The molecular formula is C12H15NO5S. The van der Waals surface area contributed by atoms with Crippen molar-refractivity contribution in [3.63, 3.8) is 0 Å². The summed E-state index contributed by atoms with van der Waals surface area (Å²) in [6.07, 6.45) is 0.827. The lowest BCUT2D eigenvalue weighted by molar-refractivity contribution is -0.136. The number of aliphatic carboxylic acids is 1. The molecule has 2 N–H and O–H groups in total. The molecule has 0 aromatic heterocycles. The molecule has 1 aromatic rings. The zero-order valence-electron chi connectivity index (χ0n) is 10.4. The van der Waals surface area contributed by atoms with Crippen LogP contribution in [0.25, 0.3) is 0 Å². The highest BCUT2D eigenvalue weighted by atomic mass is 32.2. The van der Waals surface area contributed by atoms with Crippen LogP contribution in [0.2, 0.25) is 0 Å². The van der Waals surface area contributed by atoms with Gasteiger partial charge in [-0.3, -0.25) is 9.59 Å². The van der Waals surface area contributed by atoms with Crippen molar-refractivity contribution in [1.82, 2.24) is 5.32 Å². The Morgan fingerprint density at radius 1 is 1.26 bits per heavy atom. The van der Waals surface area contributed by atoms with Gasteiger partial charge < -0.3 is 10.4 Å². The number of amides is 1. The van der Waals surface area contributed by atoms with Crippen molar-refractivity contribution in [2.45, 2.75) is 6.42 Å². The molecule has 19 heavy (non-hydrogen) atoms. The van der Waals surface area contributed by atoms with Crippen LogP contribution in [0.1, 0.15) is 15.9 Å². The first-order chi connectivity index (χ1) is 8.79. The summed E-state index contributed by atoms with van der Waals surface area (Å²) in [6, 6.07) is 6.33. The van der Waals surface area contributed by atoms with Gasteiger partial charge in [0.1, 0.15) is 9.84 Å². The predicted octanol–water partition coefficient (Wildman–Crippen LogP) is 0.0881. The highest BCUT2D eigenvalue weighted by molar-refractivity contribution is 7.90. The average molecular weight is 285 g/mol. The SMILES string of the molecule is CS(=O)(=O)CCNC(=O)c1ccccc1CC(=O)O. The summed E-state index contributed by atoms with van der Waals surface area (Å²) in [6.45, 7) is -0.000920. The Morgan fingerprint density at radius 2 is 1.89 bits per heavy atom. The van der Waals surface area contributed by atoms with Crippen LogP contribution in [0.4, 0.5) is 0 Å². The minimum absolute atomic E-state index is 0.000920. The van der Waals surface area contributed by atoms with Crippen molar-refractivity contribution in [1.29, 1.82) is 0 Å². The van der Waals surface area contributed by atoms with Gasteiger partial charge in [-0.25, -0.2) is 8.42 Å². The fraction of sp³-hybridized carbons (Fsp3) is 0.333. The van der Waals surface area contributed by atoms with E-state index in [9.17, 15) is 18.0 Å². The van der Waals surface area contributed by atoms with E-state index in [0.29, 0.717) is 5.56 Å². The fourth-order valence-corrected chi connectivity index (χ4v) is 1.98. The molecule has 104 valence electrons. The van der Waals surface area contributed by atoms with E-state index in [2.05, 4.69) is 5.32 Å². The van der Waals surface area contributed by atoms with Gasteiger partial charge in [0.05, 0.1) is 12.2 Å². The minimum Gasteiger partial charge on any atom is -0.481 e. The molecule has 0 radical (unpaired) electrons. The van der Waals surface area contributed by atoms with Gasteiger partial charge in [-0.15, -0.1) is 0 Å². The van der Waals surface area contributed by atoms with Gasteiger partial charge in [0.25, 0.3) is 5.91 Å². The largest absolute Gasteiger partial charge is 0.481 e. The van der Waals surface area contributed by atoms with Crippen molar-refractivity contribution in [3.8, 4) is 0 Å². The second-order valence-corrected chi connectivity index (χ2v) is 6.37. The number of hydrogen-bond donors (Lipinski definition) is 2. The Morgan fingerprint density at radius 3 is 2.47 bits per heavy atom. The second kappa shape index (κ2) is 6.33. The van der Waals surface area contributed by atoms with Crippen LogP contribution in [0.3, 0.4) is 0 Å². The van der Waals surface area contributed by atoms with Crippen molar-refractivity contribution >= 4 is 21.7 Å². The van der Waals surface area contributed by atoms with E-state index < -0.39 is 21.7 Å². The summed E-state index contributed by atoms with van der Waals surface area (Å²) >= 11 is 0. The van der Waals surface area contributed by atoms with E-state index in [-0.39, 0.29) is 24.3 Å². The monoisotopic (exact) mass is 285 g/mol. The van der Waals surface area contributed by atoms with Crippen molar-refractivity contribution < 1.29 is 23.1 Å². The predicted molar refractivity (Wildman–Crippen MR) is 69.8 cm³/mol. The van der Waals surface area contributed by atoms with E-state index in [1.807, 2.05) is 0 Å². The maximum absolute atomic E-state index is 11.8. The van der Waals surface area contributed by atoms with Gasteiger partial charge >= 0.3 is 5.97 Å². The molecule has 1 aromatic carbocycles. The van der Waals surface area contributed by atoms with E-state index in [4.69, 9.17) is 5.11 Å². The van der Waals surface area contributed by atoms with Gasteiger partial charge in [-0.05, 0) is 11.6 Å². The number of carbonyl (C=O) groups excluding carboxylic acids is 1. The average Bonchev–Trinajstić information content (AvgIpc) is 2.27. The lowest BCUT2D eigenvalue weighted by Gasteiger charge is -2.08. The summed E-state index contributed by atoms with van der Waals surface area (Å²) in [5.41, 5.74) is 0.644. The molecule has 0 unspecified atom stereocenters. The molecule has 1 amide bonds. The van der Waals surface area contributed by atoms with Gasteiger partial charge in [0, 0.05) is 18.4 Å². The first kappa shape index (κ1) is 15.2. The molecular weight excluding hydrogens is 270 g/mol. The smallest absolute Gasteiger partial charge is 0.307 e. The normalized spacial score (nSPS) is 11.0. The maximum Gasteiger partial charge on any atom is 0.307 e. The summed E-state index contributed by atoms with van der Waals surface area (Å²) in [7, 11) is -3.14. The van der Waals surface area contributed by atoms with Crippen LogP contribution in [0.15, 0.2) is 24.3 Å². The molecule has 0 bridgehead atoms. The van der Waals surface area contributed by atoms with Gasteiger partial charge in [-0.1, -0.05) is 18.2 Å². The van der Waals surface area contributed by atoms with Crippen molar-refractivity contribution in [3.05, 3.63) is 35.4 Å². The van der Waals surface area contributed by atoms with Crippen LogP contribution in [-0.2, 0) is 21.1 Å². The molecule has 0 saturated heterocycles. The Labute approximate surface area is 111 Å². The molecule has 0 saturated carbocycles. The molecule has 0 aliphatic carbocycles. The number of benzene rings is 1. The lowest BCUT2D eigenvalue weighted by Crippen LogP contribution is -2.29. The van der Waals surface area contributed by atoms with Gasteiger partial charge in [0.15, 0.2) is 0 Å². The number of carboxylic acid groups (broad SMARTS) is 1. The third kappa shape index (κ3) is 5.52. The van der Waals surface area contributed by atoms with Gasteiger partial charge in [-0.2, -0.15) is 0 Å². The Hall–Kier alpha value is -1.89. The highest BCUT2D eigenvalue weighted by Crippen LogP contribution is 2.09. The number of rotatable bonds is 6. The van der Waals surface area contributed by atoms with Crippen LogP contribution < -0.4 is 5.32 Å².